The maximum Gasteiger partial charge on any atom is 0.355 e. The minimum atomic E-state index is -0.314. The lowest BCUT2D eigenvalue weighted by Crippen LogP contribution is -2.13. The fourth-order valence-electron chi connectivity index (χ4n) is 2.11. The zero-order chi connectivity index (χ0) is 14.4. The highest BCUT2D eigenvalue weighted by atomic mass is 16.5. The lowest BCUT2D eigenvalue weighted by molar-refractivity contribution is 0.0496. The maximum absolute atomic E-state index is 12.0. The number of nitrogens with two attached hydrogens (primary N) is 1. The van der Waals surface area contributed by atoms with Gasteiger partial charge in [0.15, 0.2) is 0 Å². The van der Waals surface area contributed by atoms with Gasteiger partial charge in [-0.25, -0.2) is 4.79 Å². The molecule has 0 aliphatic heterocycles. The number of ether oxygens (including phenoxy) is 1. The molecule has 0 fully saturated rings. The molecule has 2 rings (SSSR count). The zero-order valence-corrected chi connectivity index (χ0v) is 11.7. The van der Waals surface area contributed by atoms with Crippen molar-refractivity contribution in [2.75, 3.05) is 12.3 Å². The number of benzene rings is 1. The molecule has 0 spiro atoms. The van der Waals surface area contributed by atoms with Crippen molar-refractivity contribution < 1.29 is 9.53 Å². The Hall–Kier alpha value is -2.23. The van der Waals surface area contributed by atoms with Crippen molar-refractivity contribution in [3.63, 3.8) is 0 Å². The molecule has 0 radical (unpaired) electrons. The number of aromatic nitrogens is 1. The van der Waals surface area contributed by atoms with Crippen molar-refractivity contribution in [2.45, 2.75) is 26.3 Å². The largest absolute Gasteiger partial charge is 0.461 e. The summed E-state index contributed by atoms with van der Waals surface area (Å²) in [6.07, 6.45) is 3.44. The summed E-state index contributed by atoms with van der Waals surface area (Å²) in [4.78, 5) is 12.0. The molecule has 0 unspecified atom stereocenters. The molecular weight excluding hydrogens is 252 g/mol. The van der Waals surface area contributed by atoms with Crippen LogP contribution < -0.4 is 5.73 Å². The van der Waals surface area contributed by atoms with E-state index in [1.165, 1.54) is 0 Å². The summed E-state index contributed by atoms with van der Waals surface area (Å²) in [6.45, 7) is 3.20. The van der Waals surface area contributed by atoms with Gasteiger partial charge in [-0.15, -0.1) is 0 Å². The molecule has 4 nitrogen and oxygen atoms in total. The second-order valence-corrected chi connectivity index (χ2v) is 4.72. The second kappa shape index (κ2) is 6.80. The summed E-state index contributed by atoms with van der Waals surface area (Å²) in [5.74, 6) is -0.314. The van der Waals surface area contributed by atoms with Crippen molar-refractivity contribution in [3.8, 4) is 0 Å². The first-order valence-corrected chi connectivity index (χ1v) is 6.87. The monoisotopic (exact) mass is 272 g/mol. The molecule has 1 aromatic carbocycles. The van der Waals surface area contributed by atoms with Crippen LogP contribution in [0.15, 0.2) is 42.6 Å². The van der Waals surface area contributed by atoms with Crippen molar-refractivity contribution in [1.82, 2.24) is 4.57 Å². The predicted molar refractivity (Wildman–Crippen MR) is 79.6 cm³/mol. The molecule has 1 aromatic heterocycles. The van der Waals surface area contributed by atoms with Crippen LogP contribution in [0.1, 0.15) is 29.4 Å². The first-order chi connectivity index (χ1) is 9.70. The number of nitrogens with zero attached hydrogens (tertiary/aromatic N) is 1. The summed E-state index contributed by atoms with van der Waals surface area (Å²) in [7, 11) is 0. The van der Waals surface area contributed by atoms with E-state index in [-0.39, 0.29) is 5.97 Å². The third-order valence-corrected chi connectivity index (χ3v) is 3.06. The van der Waals surface area contributed by atoms with Crippen LogP contribution in [-0.2, 0) is 17.7 Å². The number of anilines is 1. The fourth-order valence-corrected chi connectivity index (χ4v) is 2.11. The highest BCUT2D eigenvalue weighted by Crippen LogP contribution is 2.13. The van der Waals surface area contributed by atoms with E-state index in [2.05, 4.69) is 6.92 Å². The minimum Gasteiger partial charge on any atom is -0.461 e. The summed E-state index contributed by atoms with van der Waals surface area (Å²) in [5, 5.41) is 0. The van der Waals surface area contributed by atoms with E-state index < -0.39 is 0 Å². The van der Waals surface area contributed by atoms with Gasteiger partial charge in [0, 0.05) is 19.2 Å². The Kier molecular flexibility index (Phi) is 4.82. The lowest BCUT2D eigenvalue weighted by atomic mass is 10.2. The van der Waals surface area contributed by atoms with Gasteiger partial charge in [0.1, 0.15) is 5.69 Å². The van der Waals surface area contributed by atoms with Gasteiger partial charge >= 0.3 is 5.97 Å². The van der Waals surface area contributed by atoms with E-state index in [4.69, 9.17) is 10.5 Å². The molecule has 2 aromatic rings. The van der Waals surface area contributed by atoms with Crippen molar-refractivity contribution in [2.24, 2.45) is 0 Å². The van der Waals surface area contributed by atoms with E-state index >= 15 is 0 Å². The third-order valence-electron chi connectivity index (χ3n) is 3.06. The van der Waals surface area contributed by atoms with Crippen LogP contribution in [0.4, 0.5) is 5.69 Å². The predicted octanol–water partition coefficient (Wildman–Crippen LogP) is 2.88. The number of carbonyl (C=O) groups is 1. The van der Waals surface area contributed by atoms with Gasteiger partial charge in [-0.05, 0) is 18.1 Å². The number of rotatable bonds is 6. The molecule has 20 heavy (non-hydrogen) atoms. The molecule has 1 heterocycles. The Morgan fingerprint density at radius 3 is 2.75 bits per heavy atom. The molecule has 0 bridgehead atoms. The van der Waals surface area contributed by atoms with Crippen LogP contribution in [0.5, 0.6) is 0 Å². The van der Waals surface area contributed by atoms with Crippen molar-refractivity contribution in [1.29, 1.82) is 0 Å². The number of carbonyl (C=O) groups excluding carboxylic acids is 1. The van der Waals surface area contributed by atoms with Crippen LogP contribution in [0.3, 0.4) is 0 Å². The quantitative estimate of drug-likeness (QED) is 0.823. The van der Waals surface area contributed by atoms with E-state index in [0.29, 0.717) is 18.0 Å². The number of esters is 1. The Bertz CT molecular complexity index is 561. The third kappa shape index (κ3) is 3.63. The van der Waals surface area contributed by atoms with E-state index in [9.17, 15) is 4.79 Å². The highest BCUT2D eigenvalue weighted by Gasteiger charge is 2.13. The van der Waals surface area contributed by atoms with Gasteiger partial charge in [-0.2, -0.15) is 0 Å². The van der Waals surface area contributed by atoms with Gasteiger partial charge in [0.2, 0.25) is 0 Å². The summed E-state index contributed by atoms with van der Waals surface area (Å²) < 4.78 is 7.16. The number of hydrogen-bond donors (Lipinski definition) is 1. The second-order valence-electron chi connectivity index (χ2n) is 4.72. The van der Waals surface area contributed by atoms with Gasteiger partial charge in [0.05, 0.1) is 12.3 Å². The lowest BCUT2D eigenvalue weighted by Gasteiger charge is -2.08. The molecule has 0 atom stereocenters. The highest BCUT2D eigenvalue weighted by molar-refractivity contribution is 5.89. The Balaban J connectivity index is 1.91. The van der Waals surface area contributed by atoms with Crippen molar-refractivity contribution >= 4 is 11.7 Å². The van der Waals surface area contributed by atoms with E-state index in [1.54, 1.807) is 12.3 Å². The Labute approximate surface area is 119 Å². The molecule has 2 N–H and O–H groups in total. The van der Waals surface area contributed by atoms with Crippen LogP contribution in [0.25, 0.3) is 0 Å². The summed E-state index contributed by atoms with van der Waals surface area (Å²) in [6, 6.07) is 11.6. The summed E-state index contributed by atoms with van der Waals surface area (Å²) >= 11 is 0. The average Bonchev–Trinajstić information content (AvgIpc) is 2.81. The number of hydrogen-bond acceptors (Lipinski definition) is 3. The van der Waals surface area contributed by atoms with Crippen molar-refractivity contribution in [3.05, 3.63) is 53.9 Å². The maximum atomic E-state index is 12.0. The standard InChI is InChI=1S/C16H20N2O2/c1-2-9-18-12-14(17)11-15(18)16(19)20-10-8-13-6-4-3-5-7-13/h3-7,11-12H,2,8-10,17H2,1H3. The zero-order valence-electron chi connectivity index (χ0n) is 11.7. The van der Waals surface area contributed by atoms with E-state index in [0.717, 1.165) is 24.9 Å². The molecule has 0 aliphatic carbocycles. The smallest absolute Gasteiger partial charge is 0.355 e. The van der Waals surface area contributed by atoms with Crippen LogP contribution in [0, 0.1) is 0 Å². The topological polar surface area (TPSA) is 57.2 Å². The first kappa shape index (κ1) is 14.2. The molecule has 106 valence electrons. The van der Waals surface area contributed by atoms with Gasteiger partial charge in [0.25, 0.3) is 0 Å². The molecule has 0 saturated heterocycles. The molecule has 0 amide bonds. The number of aryl methyl sites for hydroxylation is 1. The van der Waals surface area contributed by atoms with Crippen LogP contribution in [0.2, 0.25) is 0 Å². The molecule has 4 heteroatoms. The molecular formula is C16H20N2O2. The average molecular weight is 272 g/mol. The normalized spacial score (nSPS) is 10.4. The number of nitrogen functional groups attached to an aromatic ring is 1. The molecule has 0 saturated carbocycles. The fraction of sp³-hybridized carbons (Fsp3) is 0.312. The summed E-state index contributed by atoms with van der Waals surface area (Å²) in [5.41, 5.74) is 8.01. The van der Waals surface area contributed by atoms with Gasteiger partial charge in [-0.3, -0.25) is 0 Å². The van der Waals surface area contributed by atoms with Gasteiger partial charge < -0.3 is 15.0 Å². The Morgan fingerprint density at radius 2 is 2.05 bits per heavy atom. The molecule has 0 aliphatic rings. The minimum absolute atomic E-state index is 0.314. The van der Waals surface area contributed by atoms with E-state index in [1.807, 2.05) is 34.9 Å². The first-order valence-electron chi connectivity index (χ1n) is 6.87. The van der Waals surface area contributed by atoms with Crippen LogP contribution in [-0.4, -0.2) is 17.1 Å². The SMILES string of the molecule is CCCn1cc(N)cc1C(=O)OCCc1ccccc1. The Morgan fingerprint density at radius 1 is 1.30 bits per heavy atom. The van der Waals surface area contributed by atoms with Gasteiger partial charge in [-0.1, -0.05) is 37.3 Å². The van der Waals surface area contributed by atoms with Crippen LogP contribution >= 0.6 is 0 Å².